The third kappa shape index (κ3) is 1.46. The van der Waals surface area contributed by atoms with E-state index >= 15 is 0 Å². The van der Waals surface area contributed by atoms with Crippen LogP contribution in [-0.4, -0.2) is 36.0 Å². The standard InChI is InChI=1S/C7H9FO3S/c1-11-6(10)7(8)2-3-12-4-5(7)9/h2-4H2,1H3. The summed E-state index contributed by atoms with van der Waals surface area (Å²) in [6, 6.07) is 0. The van der Waals surface area contributed by atoms with Crippen LogP contribution in [0, 0.1) is 0 Å². The van der Waals surface area contributed by atoms with Crippen LogP contribution in [-0.2, 0) is 14.3 Å². The van der Waals surface area contributed by atoms with Gasteiger partial charge in [-0.3, -0.25) is 4.79 Å². The van der Waals surface area contributed by atoms with Crippen molar-refractivity contribution in [2.24, 2.45) is 0 Å². The minimum atomic E-state index is -2.37. The highest BCUT2D eigenvalue weighted by atomic mass is 32.2. The quantitative estimate of drug-likeness (QED) is 0.450. The van der Waals surface area contributed by atoms with Gasteiger partial charge >= 0.3 is 5.97 Å². The minimum Gasteiger partial charge on any atom is -0.466 e. The fourth-order valence-electron chi connectivity index (χ4n) is 1.01. The predicted octanol–water partition coefficient (Wildman–Crippen LogP) is 0.574. The highest BCUT2D eigenvalue weighted by Crippen LogP contribution is 2.28. The zero-order valence-electron chi connectivity index (χ0n) is 6.63. The van der Waals surface area contributed by atoms with Crippen LogP contribution in [0.5, 0.6) is 0 Å². The molecule has 0 aromatic rings. The normalized spacial score (nSPS) is 30.0. The Morgan fingerprint density at radius 2 is 2.42 bits per heavy atom. The zero-order valence-corrected chi connectivity index (χ0v) is 7.45. The van der Waals surface area contributed by atoms with Crippen LogP contribution in [0.15, 0.2) is 0 Å². The van der Waals surface area contributed by atoms with Gasteiger partial charge in [0.2, 0.25) is 0 Å². The summed E-state index contributed by atoms with van der Waals surface area (Å²) >= 11 is 1.34. The van der Waals surface area contributed by atoms with Crippen LogP contribution >= 0.6 is 11.8 Å². The van der Waals surface area contributed by atoms with E-state index in [0.29, 0.717) is 5.75 Å². The Kier molecular flexibility index (Phi) is 2.72. The number of methoxy groups -OCH3 is 1. The number of carbonyl (C=O) groups is 2. The number of hydrogen-bond donors (Lipinski definition) is 0. The summed E-state index contributed by atoms with van der Waals surface area (Å²) in [5, 5.41) is 0. The molecule has 0 radical (unpaired) electrons. The van der Waals surface area contributed by atoms with E-state index in [0.717, 1.165) is 7.11 Å². The molecule has 1 saturated heterocycles. The van der Waals surface area contributed by atoms with Crippen LogP contribution in [0.1, 0.15) is 6.42 Å². The van der Waals surface area contributed by atoms with Crippen molar-refractivity contribution >= 4 is 23.5 Å². The first-order chi connectivity index (χ1) is 5.61. The van der Waals surface area contributed by atoms with Crippen molar-refractivity contribution in [1.29, 1.82) is 0 Å². The van der Waals surface area contributed by atoms with Gasteiger partial charge in [0.25, 0.3) is 5.67 Å². The largest absolute Gasteiger partial charge is 0.466 e. The third-order valence-electron chi connectivity index (χ3n) is 1.77. The fraction of sp³-hybridized carbons (Fsp3) is 0.714. The lowest BCUT2D eigenvalue weighted by Crippen LogP contribution is -2.47. The van der Waals surface area contributed by atoms with E-state index in [1.807, 2.05) is 0 Å². The Labute approximate surface area is 73.6 Å². The number of hydrogen-bond acceptors (Lipinski definition) is 4. The van der Waals surface area contributed by atoms with Gasteiger partial charge in [-0.1, -0.05) is 0 Å². The van der Waals surface area contributed by atoms with Gasteiger partial charge in [0.15, 0.2) is 5.78 Å². The molecule has 0 bridgehead atoms. The van der Waals surface area contributed by atoms with Crippen molar-refractivity contribution in [1.82, 2.24) is 0 Å². The van der Waals surface area contributed by atoms with Crippen molar-refractivity contribution in [2.45, 2.75) is 12.1 Å². The molecule has 0 saturated carbocycles. The molecular weight excluding hydrogens is 183 g/mol. The summed E-state index contributed by atoms with van der Waals surface area (Å²) in [7, 11) is 1.08. The van der Waals surface area contributed by atoms with Gasteiger partial charge in [-0.2, -0.15) is 11.8 Å². The van der Waals surface area contributed by atoms with Crippen molar-refractivity contribution in [3.8, 4) is 0 Å². The number of Topliss-reactive ketones (excluding diaryl/α,β-unsaturated/α-hetero) is 1. The maximum atomic E-state index is 13.5. The Morgan fingerprint density at radius 1 is 1.75 bits per heavy atom. The lowest BCUT2D eigenvalue weighted by atomic mass is 9.98. The molecule has 1 unspecified atom stereocenters. The third-order valence-corrected chi connectivity index (χ3v) is 2.73. The van der Waals surface area contributed by atoms with E-state index in [2.05, 4.69) is 4.74 Å². The number of ketones is 1. The Bertz CT molecular complexity index is 209. The number of alkyl halides is 1. The van der Waals surface area contributed by atoms with E-state index in [4.69, 9.17) is 0 Å². The first-order valence-electron chi connectivity index (χ1n) is 3.49. The number of halogens is 1. The molecule has 1 atom stereocenters. The molecule has 0 N–H and O–H groups in total. The average molecular weight is 192 g/mol. The van der Waals surface area contributed by atoms with Crippen molar-refractivity contribution in [2.75, 3.05) is 18.6 Å². The molecule has 3 nitrogen and oxygen atoms in total. The second-order valence-electron chi connectivity index (χ2n) is 2.52. The summed E-state index contributed by atoms with van der Waals surface area (Å²) < 4.78 is 17.7. The van der Waals surface area contributed by atoms with Gasteiger partial charge in [0.1, 0.15) is 0 Å². The summed E-state index contributed by atoms with van der Waals surface area (Å²) in [5.74, 6) is -1.19. The van der Waals surface area contributed by atoms with Crippen molar-refractivity contribution in [3.63, 3.8) is 0 Å². The van der Waals surface area contributed by atoms with Crippen molar-refractivity contribution < 1.29 is 18.7 Å². The zero-order chi connectivity index (χ0) is 9.19. The summed E-state index contributed by atoms with van der Waals surface area (Å²) in [6.07, 6.45) is -0.0663. The molecule has 12 heavy (non-hydrogen) atoms. The molecule has 5 heteroatoms. The molecule has 0 amide bonds. The second kappa shape index (κ2) is 3.43. The van der Waals surface area contributed by atoms with Crippen LogP contribution in [0.25, 0.3) is 0 Å². The minimum absolute atomic E-state index is 0.0611. The van der Waals surface area contributed by atoms with Gasteiger partial charge in [0.05, 0.1) is 12.9 Å². The van der Waals surface area contributed by atoms with Crippen molar-refractivity contribution in [3.05, 3.63) is 0 Å². The van der Waals surface area contributed by atoms with Gasteiger partial charge < -0.3 is 4.74 Å². The van der Waals surface area contributed by atoms with Gasteiger partial charge in [0, 0.05) is 6.42 Å². The predicted molar refractivity (Wildman–Crippen MR) is 42.8 cm³/mol. The molecular formula is C7H9FO3S. The maximum Gasteiger partial charge on any atom is 0.351 e. The number of ether oxygens (including phenoxy) is 1. The highest BCUT2D eigenvalue weighted by Gasteiger charge is 2.48. The van der Waals surface area contributed by atoms with E-state index in [1.165, 1.54) is 11.8 Å². The van der Waals surface area contributed by atoms with Crippen LogP contribution < -0.4 is 0 Å². The van der Waals surface area contributed by atoms with E-state index in [1.54, 1.807) is 0 Å². The molecule has 68 valence electrons. The van der Waals surface area contributed by atoms with Crippen LogP contribution in [0.4, 0.5) is 4.39 Å². The lowest BCUT2D eigenvalue weighted by molar-refractivity contribution is -0.159. The summed E-state index contributed by atoms with van der Waals surface area (Å²) in [6.45, 7) is 0. The Balaban J connectivity index is 2.79. The molecule has 0 aromatic heterocycles. The van der Waals surface area contributed by atoms with Crippen LogP contribution in [0.2, 0.25) is 0 Å². The smallest absolute Gasteiger partial charge is 0.351 e. The second-order valence-corrected chi connectivity index (χ2v) is 3.62. The number of carbonyl (C=O) groups excluding carboxylic acids is 2. The van der Waals surface area contributed by atoms with E-state index < -0.39 is 17.4 Å². The van der Waals surface area contributed by atoms with Gasteiger partial charge in [-0.15, -0.1) is 0 Å². The molecule has 1 heterocycles. The van der Waals surface area contributed by atoms with E-state index in [9.17, 15) is 14.0 Å². The molecule has 0 spiro atoms. The Morgan fingerprint density at radius 3 is 2.92 bits per heavy atom. The lowest BCUT2D eigenvalue weighted by Gasteiger charge is -2.24. The number of rotatable bonds is 1. The highest BCUT2D eigenvalue weighted by molar-refractivity contribution is 8.00. The molecule has 1 fully saturated rings. The van der Waals surface area contributed by atoms with Crippen LogP contribution in [0.3, 0.4) is 0 Å². The SMILES string of the molecule is COC(=O)C1(F)CCSCC1=O. The Hall–Kier alpha value is -0.580. The summed E-state index contributed by atoms with van der Waals surface area (Å²) in [5.41, 5.74) is -2.37. The molecule has 0 aromatic carbocycles. The monoisotopic (exact) mass is 192 g/mol. The average Bonchev–Trinajstić information content (AvgIpc) is 2.09. The first kappa shape index (κ1) is 9.51. The van der Waals surface area contributed by atoms with Gasteiger partial charge in [-0.05, 0) is 5.75 Å². The van der Waals surface area contributed by atoms with Gasteiger partial charge in [-0.25, -0.2) is 9.18 Å². The number of thioether (sulfide) groups is 1. The number of esters is 1. The fourth-order valence-corrected chi connectivity index (χ4v) is 1.99. The molecule has 1 rings (SSSR count). The summed E-state index contributed by atoms with van der Waals surface area (Å²) in [4.78, 5) is 21.9. The topological polar surface area (TPSA) is 43.4 Å². The maximum absolute atomic E-state index is 13.5. The van der Waals surface area contributed by atoms with E-state index in [-0.39, 0.29) is 12.2 Å². The molecule has 1 aliphatic heterocycles. The molecule has 1 aliphatic rings. The first-order valence-corrected chi connectivity index (χ1v) is 4.65. The molecule has 0 aliphatic carbocycles.